The minimum absolute atomic E-state index is 0.204. The van der Waals surface area contributed by atoms with Gasteiger partial charge in [-0.05, 0) is 30.7 Å². The van der Waals surface area contributed by atoms with Crippen LogP contribution in [0.4, 0.5) is 0 Å². The van der Waals surface area contributed by atoms with Gasteiger partial charge in [-0.1, -0.05) is 12.1 Å². The van der Waals surface area contributed by atoms with Crippen LogP contribution in [0, 0.1) is 0 Å². The van der Waals surface area contributed by atoms with Crippen LogP contribution in [0.25, 0.3) is 6.08 Å². The number of hydrogen-bond donors (Lipinski definition) is 6. The molecule has 2 aliphatic heterocycles. The molecular formula is C24H32O13. The Hall–Kier alpha value is -2.62. The molecule has 13 heteroatoms. The second-order valence-electron chi connectivity index (χ2n) is 8.60. The van der Waals surface area contributed by atoms with Gasteiger partial charge in [-0.15, -0.1) is 0 Å². The molecule has 0 saturated carbocycles. The van der Waals surface area contributed by atoms with E-state index in [0.717, 1.165) is 0 Å². The maximum absolute atomic E-state index is 12.8. The number of carbonyl (C=O) groups excluding carboxylic acids is 2. The Bertz CT molecular complexity index is 885. The standard InChI is InChI=1S/C24H32O13/c1-2-33-13-5-3-12(4-6-13)7-14(23(31)36-10-17(27)21-19(29)15(25)8-34-21)24(32)37-11-18(28)22-20(30)16(26)9-35-22/h3-7,15-22,25-30H,2,8-11H2,1H3. The Morgan fingerprint density at radius 1 is 0.892 bits per heavy atom. The summed E-state index contributed by atoms with van der Waals surface area (Å²) in [7, 11) is 0. The highest BCUT2D eigenvalue weighted by Crippen LogP contribution is 2.21. The van der Waals surface area contributed by atoms with Crippen LogP contribution < -0.4 is 4.74 Å². The van der Waals surface area contributed by atoms with Crippen molar-refractivity contribution in [3.8, 4) is 5.75 Å². The maximum Gasteiger partial charge on any atom is 0.345 e. The first-order valence-electron chi connectivity index (χ1n) is 11.7. The van der Waals surface area contributed by atoms with Crippen LogP contribution >= 0.6 is 0 Å². The fourth-order valence-electron chi connectivity index (χ4n) is 3.79. The summed E-state index contributed by atoms with van der Waals surface area (Å²) in [5.41, 5.74) is -0.173. The summed E-state index contributed by atoms with van der Waals surface area (Å²) in [6.07, 6.45) is -9.37. The predicted molar refractivity (Wildman–Crippen MR) is 123 cm³/mol. The highest BCUT2D eigenvalue weighted by molar-refractivity contribution is 6.17. The molecule has 0 aromatic heterocycles. The molecule has 1 aromatic rings. The van der Waals surface area contributed by atoms with Gasteiger partial charge in [0.25, 0.3) is 0 Å². The Labute approximate surface area is 212 Å². The molecule has 1 aromatic carbocycles. The first kappa shape index (κ1) is 28.9. The zero-order valence-electron chi connectivity index (χ0n) is 20.1. The lowest BCUT2D eigenvalue weighted by molar-refractivity contribution is -0.154. The molecule has 0 bridgehead atoms. The molecule has 2 fully saturated rings. The third-order valence-corrected chi connectivity index (χ3v) is 5.85. The molecular weight excluding hydrogens is 496 g/mol. The highest BCUT2D eigenvalue weighted by Gasteiger charge is 2.41. The van der Waals surface area contributed by atoms with E-state index in [-0.39, 0.29) is 13.2 Å². The number of ether oxygens (including phenoxy) is 5. The molecule has 13 nitrogen and oxygen atoms in total. The molecule has 8 atom stereocenters. The molecule has 2 heterocycles. The number of hydrogen-bond acceptors (Lipinski definition) is 13. The number of benzene rings is 1. The van der Waals surface area contributed by atoms with Gasteiger partial charge in [0, 0.05) is 0 Å². The summed E-state index contributed by atoms with van der Waals surface area (Å²) in [5, 5.41) is 59.2. The lowest BCUT2D eigenvalue weighted by Gasteiger charge is -2.22. The van der Waals surface area contributed by atoms with Crippen LogP contribution in [-0.4, -0.2) is 124 Å². The van der Waals surface area contributed by atoms with Crippen LogP contribution in [0.15, 0.2) is 29.8 Å². The van der Waals surface area contributed by atoms with Gasteiger partial charge in [-0.2, -0.15) is 0 Å². The molecule has 3 rings (SSSR count). The summed E-state index contributed by atoms with van der Waals surface area (Å²) in [6, 6.07) is 6.38. The quantitative estimate of drug-likeness (QED) is 0.0763. The van der Waals surface area contributed by atoms with E-state index in [1.165, 1.54) is 6.08 Å². The van der Waals surface area contributed by atoms with E-state index in [2.05, 4.69) is 0 Å². The Morgan fingerprint density at radius 3 is 1.73 bits per heavy atom. The van der Waals surface area contributed by atoms with Gasteiger partial charge in [0.15, 0.2) is 0 Å². The van der Waals surface area contributed by atoms with Crippen LogP contribution in [0.1, 0.15) is 12.5 Å². The largest absolute Gasteiger partial charge is 0.494 e. The number of aliphatic hydroxyl groups is 6. The van der Waals surface area contributed by atoms with Crippen molar-refractivity contribution in [3.63, 3.8) is 0 Å². The van der Waals surface area contributed by atoms with Crippen LogP contribution in [-0.2, 0) is 28.5 Å². The minimum Gasteiger partial charge on any atom is -0.494 e. The van der Waals surface area contributed by atoms with Gasteiger partial charge >= 0.3 is 11.9 Å². The number of carbonyl (C=O) groups is 2. The molecule has 8 unspecified atom stereocenters. The summed E-state index contributed by atoms with van der Waals surface area (Å²) in [5.74, 6) is -1.78. The predicted octanol–water partition coefficient (Wildman–Crippen LogP) is -2.48. The summed E-state index contributed by atoms with van der Waals surface area (Å²) in [6.45, 7) is 0.521. The summed E-state index contributed by atoms with van der Waals surface area (Å²) in [4.78, 5) is 25.6. The van der Waals surface area contributed by atoms with Crippen LogP contribution in [0.3, 0.4) is 0 Å². The lowest BCUT2D eigenvalue weighted by atomic mass is 10.1. The zero-order valence-corrected chi connectivity index (χ0v) is 20.1. The van der Waals surface area contributed by atoms with E-state index in [1.54, 1.807) is 24.3 Å². The lowest BCUT2D eigenvalue weighted by Crippen LogP contribution is -2.42. The second kappa shape index (κ2) is 13.3. The SMILES string of the molecule is CCOc1ccc(C=C(C(=O)OCC(O)C2OCC(O)C2O)C(=O)OCC(O)C2OCC(O)C2O)cc1. The molecule has 6 N–H and O–H groups in total. The van der Waals surface area contributed by atoms with Gasteiger partial charge in [-0.3, -0.25) is 0 Å². The number of rotatable bonds is 11. The third-order valence-electron chi connectivity index (χ3n) is 5.85. The highest BCUT2D eigenvalue weighted by atomic mass is 16.6. The van der Waals surface area contributed by atoms with Crippen molar-refractivity contribution in [2.45, 2.75) is 55.8 Å². The molecule has 0 spiro atoms. The van der Waals surface area contributed by atoms with Gasteiger partial charge in [0.05, 0.1) is 19.8 Å². The van der Waals surface area contributed by atoms with Crippen molar-refractivity contribution in [2.24, 2.45) is 0 Å². The average molecular weight is 529 g/mol. The molecule has 37 heavy (non-hydrogen) atoms. The fraction of sp³-hybridized carbons (Fsp3) is 0.583. The smallest absolute Gasteiger partial charge is 0.345 e. The molecule has 2 aliphatic rings. The van der Waals surface area contributed by atoms with E-state index >= 15 is 0 Å². The molecule has 2 saturated heterocycles. The first-order chi connectivity index (χ1) is 17.6. The molecule has 206 valence electrons. The van der Waals surface area contributed by atoms with E-state index in [4.69, 9.17) is 23.7 Å². The third kappa shape index (κ3) is 7.46. The van der Waals surface area contributed by atoms with Crippen LogP contribution in [0.2, 0.25) is 0 Å². The monoisotopic (exact) mass is 528 g/mol. The van der Waals surface area contributed by atoms with E-state index < -0.39 is 79.6 Å². The van der Waals surface area contributed by atoms with Crippen molar-refractivity contribution in [1.29, 1.82) is 0 Å². The van der Waals surface area contributed by atoms with Crippen molar-refractivity contribution in [2.75, 3.05) is 33.0 Å². The summed E-state index contributed by atoms with van der Waals surface area (Å²) < 4.78 is 25.6. The van der Waals surface area contributed by atoms with Crippen molar-refractivity contribution in [1.82, 2.24) is 0 Å². The van der Waals surface area contributed by atoms with Crippen molar-refractivity contribution >= 4 is 18.0 Å². The summed E-state index contributed by atoms with van der Waals surface area (Å²) >= 11 is 0. The second-order valence-corrected chi connectivity index (χ2v) is 8.60. The fourth-order valence-corrected chi connectivity index (χ4v) is 3.79. The van der Waals surface area contributed by atoms with Gasteiger partial charge < -0.3 is 54.3 Å². The Morgan fingerprint density at radius 2 is 1.35 bits per heavy atom. The van der Waals surface area contributed by atoms with Crippen molar-refractivity contribution < 1.29 is 63.9 Å². The Balaban J connectivity index is 1.69. The van der Waals surface area contributed by atoms with E-state index in [1.807, 2.05) is 6.92 Å². The normalized spacial score (nSPS) is 28.8. The van der Waals surface area contributed by atoms with Gasteiger partial charge in [-0.25, -0.2) is 9.59 Å². The van der Waals surface area contributed by atoms with E-state index in [9.17, 15) is 40.2 Å². The van der Waals surface area contributed by atoms with E-state index in [0.29, 0.717) is 17.9 Å². The first-order valence-corrected chi connectivity index (χ1v) is 11.7. The minimum atomic E-state index is -1.49. The van der Waals surface area contributed by atoms with Crippen LogP contribution in [0.5, 0.6) is 5.75 Å². The molecule has 0 amide bonds. The van der Waals surface area contributed by atoms with Gasteiger partial charge in [0.2, 0.25) is 0 Å². The average Bonchev–Trinajstić information content (AvgIpc) is 3.40. The van der Waals surface area contributed by atoms with Crippen molar-refractivity contribution in [3.05, 3.63) is 35.4 Å². The number of esters is 2. The molecule has 0 aliphatic carbocycles. The topological polar surface area (TPSA) is 202 Å². The van der Waals surface area contributed by atoms with Gasteiger partial charge in [0.1, 0.15) is 73.4 Å². The number of aliphatic hydroxyl groups excluding tert-OH is 6. The Kier molecular flexibility index (Phi) is 10.4. The molecule has 0 radical (unpaired) electrons. The maximum atomic E-state index is 12.8. The zero-order chi connectivity index (χ0) is 27.1.